The summed E-state index contributed by atoms with van der Waals surface area (Å²) >= 11 is 0. The molecule has 0 bridgehead atoms. The van der Waals surface area contributed by atoms with Gasteiger partial charge in [-0.3, -0.25) is 0 Å². The fourth-order valence-corrected chi connectivity index (χ4v) is 3.01. The van der Waals surface area contributed by atoms with Gasteiger partial charge in [-0.15, -0.1) is 0 Å². The van der Waals surface area contributed by atoms with Crippen molar-refractivity contribution < 1.29 is 0 Å². The molecule has 0 spiro atoms. The van der Waals surface area contributed by atoms with E-state index in [-0.39, 0.29) is 0 Å². The number of nitrogens with one attached hydrogen (secondary N) is 1. The van der Waals surface area contributed by atoms with Gasteiger partial charge >= 0.3 is 0 Å². The van der Waals surface area contributed by atoms with Crippen LogP contribution in [0.15, 0.2) is 24.3 Å². The van der Waals surface area contributed by atoms with Crippen molar-refractivity contribution in [2.24, 2.45) is 5.92 Å². The SMILES string of the molecule is CNC1CCC(c2ccccc2C)C1C. The fourth-order valence-electron chi connectivity index (χ4n) is 3.01. The van der Waals surface area contributed by atoms with E-state index in [2.05, 4.69) is 50.5 Å². The van der Waals surface area contributed by atoms with E-state index in [4.69, 9.17) is 0 Å². The largest absolute Gasteiger partial charge is 0.317 e. The standard InChI is InChI=1S/C14H21N/c1-10-6-4-5-7-12(10)13-8-9-14(15-3)11(13)2/h4-7,11,13-15H,8-9H2,1-3H3. The van der Waals surface area contributed by atoms with Gasteiger partial charge in [0.1, 0.15) is 0 Å². The third kappa shape index (κ3) is 1.93. The Balaban J connectivity index is 2.22. The van der Waals surface area contributed by atoms with E-state index in [0.29, 0.717) is 6.04 Å². The quantitative estimate of drug-likeness (QED) is 0.779. The zero-order valence-electron chi connectivity index (χ0n) is 9.96. The second-order valence-corrected chi connectivity index (χ2v) is 4.79. The van der Waals surface area contributed by atoms with Crippen molar-refractivity contribution in [1.82, 2.24) is 5.32 Å². The number of benzene rings is 1. The van der Waals surface area contributed by atoms with Crippen LogP contribution in [-0.4, -0.2) is 13.1 Å². The third-order valence-electron chi connectivity index (χ3n) is 4.02. The van der Waals surface area contributed by atoms with Crippen LogP contribution >= 0.6 is 0 Å². The lowest BCUT2D eigenvalue weighted by Crippen LogP contribution is -2.28. The molecule has 0 saturated heterocycles. The van der Waals surface area contributed by atoms with Crippen LogP contribution in [0.2, 0.25) is 0 Å². The van der Waals surface area contributed by atoms with Gasteiger partial charge in [0.2, 0.25) is 0 Å². The Bertz CT molecular complexity index is 332. The Morgan fingerprint density at radius 3 is 2.53 bits per heavy atom. The lowest BCUT2D eigenvalue weighted by atomic mass is 9.86. The molecule has 0 radical (unpaired) electrons. The van der Waals surface area contributed by atoms with Crippen molar-refractivity contribution in [2.45, 2.75) is 38.6 Å². The van der Waals surface area contributed by atoms with Crippen LogP contribution in [0.1, 0.15) is 36.8 Å². The minimum Gasteiger partial charge on any atom is -0.317 e. The molecule has 1 saturated carbocycles. The van der Waals surface area contributed by atoms with Gasteiger partial charge in [0.25, 0.3) is 0 Å². The number of hydrogen-bond acceptors (Lipinski definition) is 1. The Morgan fingerprint density at radius 2 is 1.93 bits per heavy atom. The molecule has 2 rings (SSSR count). The first-order valence-electron chi connectivity index (χ1n) is 5.97. The van der Waals surface area contributed by atoms with Crippen LogP contribution in [0, 0.1) is 12.8 Å². The predicted octanol–water partition coefficient (Wildman–Crippen LogP) is 3.10. The molecule has 3 unspecified atom stereocenters. The fraction of sp³-hybridized carbons (Fsp3) is 0.571. The lowest BCUT2D eigenvalue weighted by molar-refractivity contribution is 0.428. The maximum Gasteiger partial charge on any atom is 0.00957 e. The van der Waals surface area contributed by atoms with Gasteiger partial charge in [0, 0.05) is 6.04 Å². The zero-order valence-corrected chi connectivity index (χ0v) is 9.96. The summed E-state index contributed by atoms with van der Waals surface area (Å²) in [6, 6.07) is 9.54. The van der Waals surface area contributed by atoms with Crippen LogP contribution in [0.4, 0.5) is 0 Å². The monoisotopic (exact) mass is 203 g/mol. The predicted molar refractivity (Wildman–Crippen MR) is 65.2 cm³/mol. The molecule has 1 aliphatic carbocycles. The summed E-state index contributed by atoms with van der Waals surface area (Å²) in [4.78, 5) is 0. The maximum absolute atomic E-state index is 3.43. The highest BCUT2D eigenvalue weighted by Crippen LogP contribution is 2.40. The number of hydrogen-bond donors (Lipinski definition) is 1. The molecule has 1 N–H and O–H groups in total. The Hall–Kier alpha value is -0.820. The van der Waals surface area contributed by atoms with Crippen LogP contribution in [0.3, 0.4) is 0 Å². The molecule has 0 heterocycles. The van der Waals surface area contributed by atoms with Crippen molar-refractivity contribution in [3.8, 4) is 0 Å². The summed E-state index contributed by atoms with van der Waals surface area (Å²) in [5, 5.41) is 3.43. The van der Waals surface area contributed by atoms with Gasteiger partial charge in [-0.25, -0.2) is 0 Å². The molecule has 0 aromatic heterocycles. The first kappa shape index (κ1) is 10.7. The minimum atomic E-state index is 0.703. The van der Waals surface area contributed by atoms with Crippen LogP contribution in [-0.2, 0) is 0 Å². The maximum atomic E-state index is 3.43. The van der Waals surface area contributed by atoms with E-state index in [1.165, 1.54) is 18.4 Å². The lowest BCUT2D eigenvalue weighted by Gasteiger charge is -2.22. The van der Waals surface area contributed by atoms with Gasteiger partial charge in [-0.1, -0.05) is 31.2 Å². The molecule has 3 atom stereocenters. The van der Waals surface area contributed by atoms with E-state index < -0.39 is 0 Å². The van der Waals surface area contributed by atoms with E-state index in [1.807, 2.05) is 0 Å². The molecule has 15 heavy (non-hydrogen) atoms. The molecule has 82 valence electrons. The molecule has 1 fully saturated rings. The zero-order chi connectivity index (χ0) is 10.8. The Labute approximate surface area is 92.9 Å². The molecule has 1 heteroatoms. The average molecular weight is 203 g/mol. The molecular weight excluding hydrogens is 182 g/mol. The highest BCUT2D eigenvalue weighted by atomic mass is 14.9. The molecular formula is C14H21N. The summed E-state index contributed by atoms with van der Waals surface area (Å²) in [6.07, 6.45) is 2.65. The Morgan fingerprint density at radius 1 is 1.20 bits per heavy atom. The normalized spacial score (nSPS) is 30.7. The third-order valence-corrected chi connectivity index (χ3v) is 4.02. The Kier molecular flexibility index (Phi) is 3.11. The van der Waals surface area contributed by atoms with Crippen molar-refractivity contribution in [1.29, 1.82) is 0 Å². The number of aryl methyl sites for hydroxylation is 1. The molecule has 0 aliphatic heterocycles. The first-order chi connectivity index (χ1) is 7.24. The molecule has 1 aliphatic rings. The van der Waals surface area contributed by atoms with Gasteiger partial charge in [0.15, 0.2) is 0 Å². The van der Waals surface area contributed by atoms with Crippen LogP contribution in [0.25, 0.3) is 0 Å². The van der Waals surface area contributed by atoms with E-state index in [9.17, 15) is 0 Å². The highest BCUT2D eigenvalue weighted by Gasteiger charge is 2.33. The summed E-state index contributed by atoms with van der Waals surface area (Å²) in [5.41, 5.74) is 3.01. The van der Waals surface area contributed by atoms with E-state index in [1.54, 1.807) is 5.56 Å². The van der Waals surface area contributed by atoms with Gasteiger partial charge in [-0.2, -0.15) is 0 Å². The van der Waals surface area contributed by atoms with Crippen LogP contribution < -0.4 is 5.32 Å². The topological polar surface area (TPSA) is 12.0 Å². The van der Waals surface area contributed by atoms with Crippen molar-refractivity contribution in [2.75, 3.05) is 7.05 Å². The second kappa shape index (κ2) is 4.36. The molecule has 0 amide bonds. The number of rotatable bonds is 2. The second-order valence-electron chi connectivity index (χ2n) is 4.79. The van der Waals surface area contributed by atoms with Gasteiger partial charge in [-0.05, 0) is 49.8 Å². The molecule has 1 nitrogen and oxygen atoms in total. The summed E-state index contributed by atoms with van der Waals surface area (Å²) in [5.74, 6) is 1.51. The van der Waals surface area contributed by atoms with E-state index >= 15 is 0 Å². The van der Waals surface area contributed by atoms with Gasteiger partial charge < -0.3 is 5.32 Å². The summed E-state index contributed by atoms with van der Waals surface area (Å²) in [7, 11) is 2.08. The summed E-state index contributed by atoms with van der Waals surface area (Å²) in [6.45, 7) is 4.61. The van der Waals surface area contributed by atoms with E-state index in [0.717, 1.165) is 11.8 Å². The highest BCUT2D eigenvalue weighted by molar-refractivity contribution is 5.30. The van der Waals surface area contributed by atoms with Crippen molar-refractivity contribution >= 4 is 0 Å². The van der Waals surface area contributed by atoms with Crippen LogP contribution in [0.5, 0.6) is 0 Å². The van der Waals surface area contributed by atoms with Gasteiger partial charge in [0.05, 0.1) is 0 Å². The van der Waals surface area contributed by atoms with Crippen molar-refractivity contribution in [3.05, 3.63) is 35.4 Å². The molecule has 1 aromatic rings. The molecule has 1 aromatic carbocycles. The smallest absolute Gasteiger partial charge is 0.00957 e. The minimum absolute atomic E-state index is 0.703. The first-order valence-corrected chi connectivity index (χ1v) is 5.97. The summed E-state index contributed by atoms with van der Waals surface area (Å²) < 4.78 is 0. The average Bonchev–Trinajstić information content (AvgIpc) is 2.60. The van der Waals surface area contributed by atoms with Crippen molar-refractivity contribution in [3.63, 3.8) is 0 Å².